The Morgan fingerprint density at radius 1 is 1.33 bits per heavy atom. The van der Waals surface area contributed by atoms with Crippen molar-refractivity contribution >= 4 is 11.3 Å². The van der Waals surface area contributed by atoms with Gasteiger partial charge in [-0.05, 0) is 38.0 Å². The molecule has 98 valence electrons. The van der Waals surface area contributed by atoms with Crippen LogP contribution >= 0.6 is 11.3 Å². The van der Waals surface area contributed by atoms with E-state index < -0.39 is 0 Å². The van der Waals surface area contributed by atoms with Crippen molar-refractivity contribution < 1.29 is 0 Å². The zero-order chi connectivity index (χ0) is 13.0. The van der Waals surface area contributed by atoms with Crippen LogP contribution in [0.2, 0.25) is 0 Å². The van der Waals surface area contributed by atoms with E-state index in [1.807, 2.05) is 17.5 Å². The molecule has 0 saturated carbocycles. The van der Waals surface area contributed by atoms with E-state index >= 15 is 0 Å². The van der Waals surface area contributed by atoms with Crippen molar-refractivity contribution in [1.29, 1.82) is 0 Å². The van der Waals surface area contributed by atoms with Gasteiger partial charge in [0.05, 0.1) is 5.69 Å². The van der Waals surface area contributed by atoms with Gasteiger partial charge in [0.1, 0.15) is 0 Å². The van der Waals surface area contributed by atoms with Crippen molar-refractivity contribution in [2.45, 2.75) is 46.8 Å². The molecule has 0 saturated heterocycles. The van der Waals surface area contributed by atoms with Gasteiger partial charge in [-0.3, -0.25) is 4.68 Å². The lowest BCUT2D eigenvalue weighted by atomic mass is 10.3. The highest BCUT2D eigenvalue weighted by Crippen LogP contribution is 2.20. The first-order valence-electron chi connectivity index (χ1n) is 6.48. The number of thiophene rings is 1. The summed E-state index contributed by atoms with van der Waals surface area (Å²) >= 11 is 1.88. The van der Waals surface area contributed by atoms with E-state index in [0.717, 1.165) is 26.1 Å². The van der Waals surface area contributed by atoms with Gasteiger partial charge in [0.25, 0.3) is 0 Å². The van der Waals surface area contributed by atoms with Crippen LogP contribution in [0.5, 0.6) is 0 Å². The summed E-state index contributed by atoms with van der Waals surface area (Å²) in [6, 6.07) is 4.37. The summed E-state index contributed by atoms with van der Waals surface area (Å²) in [6.45, 7) is 9.36. The molecule has 0 aliphatic rings. The molecule has 2 heterocycles. The fraction of sp³-hybridized carbons (Fsp3) is 0.500. The standard InChI is InChI=1S/C14H21N3S/c1-4-7-17-13(5-6-16-17)9-15-10-14-8-11(2)12(3)18-14/h5-6,8,15H,4,7,9-10H2,1-3H3. The van der Waals surface area contributed by atoms with Gasteiger partial charge in [-0.25, -0.2) is 0 Å². The third kappa shape index (κ3) is 3.21. The predicted octanol–water partition coefficient (Wildman–Crippen LogP) is 3.26. The molecule has 0 unspecified atom stereocenters. The topological polar surface area (TPSA) is 29.9 Å². The zero-order valence-electron chi connectivity index (χ0n) is 11.4. The number of aryl methyl sites for hydroxylation is 3. The highest BCUT2D eigenvalue weighted by Gasteiger charge is 2.03. The molecule has 2 rings (SSSR count). The maximum absolute atomic E-state index is 4.33. The molecular formula is C14H21N3S. The van der Waals surface area contributed by atoms with Crippen LogP contribution in [0.15, 0.2) is 18.3 Å². The smallest absolute Gasteiger partial charge is 0.0522 e. The van der Waals surface area contributed by atoms with Crippen LogP contribution in [0.25, 0.3) is 0 Å². The quantitative estimate of drug-likeness (QED) is 0.867. The number of nitrogens with one attached hydrogen (secondary N) is 1. The van der Waals surface area contributed by atoms with Gasteiger partial charge in [-0.2, -0.15) is 5.10 Å². The van der Waals surface area contributed by atoms with Gasteiger partial charge in [-0.15, -0.1) is 11.3 Å². The fourth-order valence-electron chi connectivity index (χ4n) is 1.97. The molecule has 0 fully saturated rings. The summed E-state index contributed by atoms with van der Waals surface area (Å²) in [6.07, 6.45) is 3.00. The van der Waals surface area contributed by atoms with Gasteiger partial charge < -0.3 is 5.32 Å². The van der Waals surface area contributed by atoms with Gasteiger partial charge in [0, 0.05) is 35.6 Å². The van der Waals surface area contributed by atoms with Gasteiger partial charge in [-0.1, -0.05) is 6.92 Å². The van der Waals surface area contributed by atoms with E-state index in [1.54, 1.807) is 0 Å². The van der Waals surface area contributed by atoms with Crippen molar-refractivity contribution in [1.82, 2.24) is 15.1 Å². The van der Waals surface area contributed by atoms with Gasteiger partial charge in [0.15, 0.2) is 0 Å². The Morgan fingerprint density at radius 3 is 2.83 bits per heavy atom. The summed E-state index contributed by atoms with van der Waals surface area (Å²) in [5, 5.41) is 7.82. The first-order chi connectivity index (χ1) is 8.70. The number of nitrogens with zero attached hydrogens (tertiary/aromatic N) is 2. The maximum atomic E-state index is 4.33. The van der Waals surface area contributed by atoms with Crippen molar-refractivity contribution in [3.63, 3.8) is 0 Å². The molecule has 0 aliphatic heterocycles. The van der Waals surface area contributed by atoms with Crippen LogP contribution in [-0.2, 0) is 19.6 Å². The summed E-state index contributed by atoms with van der Waals surface area (Å²) in [5.74, 6) is 0. The molecule has 0 bridgehead atoms. The van der Waals surface area contributed by atoms with Crippen LogP contribution in [0.3, 0.4) is 0 Å². The minimum Gasteiger partial charge on any atom is -0.306 e. The summed E-state index contributed by atoms with van der Waals surface area (Å²) in [4.78, 5) is 2.83. The Morgan fingerprint density at radius 2 is 2.17 bits per heavy atom. The van der Waals surface area contributed by atoms with Gasteiger partial charge >= 0.3 is 0 Å². The van der Waals surface area contributed by atoms with Crippen molar-refractivity contribution in [3.05, 3.63) is 39.3 Å². The molecule has 2 aromatic rings. The molecule has 0 atom stereocenters. The Bertz CT molecular complexity index is 479. The Hall–Kier alpha value is -1.13. The maximum Gasteiger partial charge on any atom is 0.0522 e. The monoisotopic (exact) mass is 263 g/mol. The number of hydrogen-bond acceptors (Lipinski definition) is 3. The molecule has 0 amide bonds. The fourth-order valence-corrected chi connectivity index (χ4v) is 3.00. The Labute approximate surface area is 113 Å². The normalized spacial score (nSPS) is 11.1. The highest BCUT2D eigenvalue weighted by atomic mass is 32.1. The molecule has 0 spiro atoms. The van der Waals surface area contributed by atoms with E-state index in [0.29, 0.717) is 0 Å². The van der Waals surface area contributed by atoms with Crippen molar-refractivity contribution in [3.8, 4) is 0 Å². The Kier molecular flexibility index (Phi) is 4.55. The van der Waals surface area contributed by atoms with Crippen LogP contribution in [0.4, 0.5) is 0 Å². The van der Waals surface area contributed by atoms with Crippen LogP contribution in [0.1, 0.15) is 34.4 Å². The second-order valence-electron chi connectivity index (χ2n) is 4.60. The molecule has 4 heteroatoms. The molecule has 0 radical (unpaired) electrons. The first-order valence-corrected chi connectivity index (χ1v) is 7.29. The minimum atomic E-state index is 0.885. The van der Waals surface area contributed by atoms with E-state index in [1.165, 1.54) is 21.0 Å². The lowest BCUT2D eigenvalue weighted by Gasteiger charge is -2.06. The van der Waals surface area contributed by atoms with Gasteiger partial charge in [0.2, 0.25) is 0 Å². The van der Waals surface area contributed by atoms with E-state index in [2.05, 4.69) is 48.0 Å². The number of rotatable bonds is 6. The minimum absolute atomic E-state index is 0.885. The molecule has 3 nitrogen and oxygen atoms in total. The lowest BCUT2D eigenvalue weighted by Crippen LogP contribution is -2.16. The zero-order valence-corrected chi connectivity index (χ0v) is 12.2. The lowest BCUT2D eigenvalue weighted by molar-refractivity contribution is 0.550. The molecule has 1 N–H and O–H groups in total. The molecule has 0 aliphatic carbocycles. The second-order valence-corrected chi connectivity index (χ2v) is 5.94. The summed E-state index contributed by atoms with van der Waals surface area (Å²) in [7, 11) is 0. The van der Waals surface area contributed by atoms with E-state index in [-0.39, 0.29) is 0 Å². The molecule has 18 heavy (non-hydrogen) atoms. The molecular weight excluding hydrogens is 242 g/mol. The highest BCUT2D eigenvalue weighted by molar-refractivity contribution is 7.12. The summed E-state index contributed by atoms with van der Waals surface area (Å²) < 4.78 is 2.08. The van der Waals surface area contributed by atoms with E-state index in [9.17, 15) is 0 Å². The molecule has 2 aromatic heterocycles. The second kappa shape index (κ2) is 6.16. The first kappa shape index (κ1) is 13.3. The number of hydrogen-bond donors (Lipinski definition) is 1. The predicted molar refractivity (Wildman–Crippen MR) is 76.9 cm³/mol. The third-order valence-electron chi connectivity index (χ3n) is 3.06. The van der Waals surface area contributed by atoms with Crippen LogP contribution in [0, 0.1) is 13.8 Å². The number of aromatic nitrogens is 2. The van der Waals surface area contributed by atoms with E-state index in [4.69, 9.17) is 0 Å². The van der Waals surface area contributed by atoms with Crippen LogP contribution in [-0.4, -0.2) is 9.78 Å². The average molecular weight is 263 g/mol. The largest absolute Gasteiger partial charge is 0.306 e. The summed E-state index contributed by atoms with van der Waals surface area (Å²) in [5.41, 5.74) is 2.66. The third-order valence-corrected chi connectivity index (χ3v) is 4.21. The average Bonchev–Trinajstić information content (AvgIpc) is 2.89. The van der Waals surface area contributed by atoms with Crippen LogP contribution < -0.4 is 5.32 Å². The Balaban J connectivity index is 1.86. The SMILES string of the molecule is CCCn1nccc1CNCc1cc(C)c(C)s1. The molecule has 0 aromatic carbocycles. The van der Waals surface area contributed by atoms with Crippen molar-refractivity contribution in [2.75, 3.05) is 0 Å². The van der Waals surface area contributed by atoms with Crippen molar-refractivity contribution in [2.24, 2.45) is 0 Å².